The number of hydrogen-bond acceptors (Lipinski definition) is 5. The molecular formula is C12H15N3OS. The molecule has 0 bridgehead atoms. The molecule has 0 atom stereocenters. The predicted molar refractivity (Wildman–Crippen MR) is 72.3 cm³/mol. The summed E-state index contributed by atoms with van der Waals surface area (Å²) in [5.74, 6) is 1.38. The fourth-order valence-corrected chi connectivity index (χ4v) is 2.50. The topological polar surface area (TPSA) is 74.2 Å². The number of ether oxygens (including phenoxy) is 1. The maximum Gasteiger partial charge on any atom is 0.182 e. The lowest BCUT2D eigenvalue weighted by Crippen LogP contribution is -1.92. The number of aromatic nitrogens is 1. The minimum Gasteiger partial charge on any atom is -0.496 e. The van der Waals surface area contributed by atoms with Gasteiger partial charge in [-0.05, 0) is 35.7 Å². The minimum absolute atomic E-state index is 0.486. The van der Waals surface area contributed by atoms with Gasteiger partial charge in [0.15, 0.2) is 5.13 Å². The Morgan fingerprint density at radius 1 is 1.35 bits per heavy atom. The molecule has 2 aromatic rings. The van der Waals surface area contributed by atoms with Crippen LogP contribution in [-0.4, -0.2) is 12.1 Å². The Kier molecular flexibility index (Phi) is 3.19. The van der Waals surface area contributed by atoms with Gasteiger partial charge in [-0.15, -0.1) is 0 Å². The highest BCUT2D eigenvalue weighted by Gasteiger charge is 2.11. The quantitative estimate of drug-likeness (QED) is 0.876. The first-order chi connectivity index (χ1) is 8.15. The molecule has 0 aliphatic heterocycles. The van der Waals surface area contributed by atoms with Crippen molar-refractivity contribution in [2.24, 2.45) is 0 Å². The van der Waals surface area contributed by atoms with Gasteiger partial charge < -0.3 is 16.2 Å². The summed E-state index contributed by atoms with van der Waals surface area (Å²) in [6.45, 7) is 2.09. The standard InChI is InChI=1S/C12H15N3OS/c1-3-7-6-8(4-5-9(7)16-2)10-11(13)15-12(14)17-10/h4-6H,3,13H2,1-2H3,(H2,14,15). The molecule has 0 unspecified atom stereocenters. The third-order valence-corrected chi connectivity index (χ3v) is 3.54. The lowest BCUT2D eigenvalue weighted by Gasteiger charge is -2.08. The number of hydrogen-bond donors (Lipinski definition) is 2. The Hall–Kier alpha value is -1.75. The number of benzene rings is 1. The molecule has 0 saturated carbocycles. The van der Waals surface area contributed by atoms with Crippen LogP contribution in [0.15, 0.2) is 18.2 Å². The van der Waals surface area contributed by atoms with Crippen LogP contribution in [0, 0.1) is 0 Å². The molecule has 0 aliphatic rings. The summed E-state index contributed by atoms with van der Waals surface area (Å²) in [5.41, 5.74) is 13.7. The average molecular weight is 249 g/mol. The number of aryl methyl sites for hydroxylation is 1. The van der Waals surface area contributed by atoms with Crippen molar-refractivity contribution in [1.29, 1.82) is 0 Å². The molecule has 1 aromatic heterocycles. The lowest BCUT2D eigenvalue weighted by atomic mass is 10.1. The molecule has 4 nitrogen and oxygen atoms in total. The van der Waals surface area contributed by atoms with Gasteiger partial charge in [0.1, 0.15) is 11.6 Å². The van der Waals surface area contributed by atoms with Crippen molar-refractivity contribution >= 4 is 22.3 Å². The van der Waals surface area contributed by atoms with Crippen molar-refractivity contribution in [2.75, 3.05) is 18.6 Å². The van der Waals surface area contributed by atoms with Gasteiger partial charge in [-0.2, -0.15) is 0 Å². The van der Waals surface area contributed by atoms with Gasteiger partial charge >= 0.3 is 0 Å². The molecule has 1 aromatic carbocycles. The molecule has 0 radical (unpaired) electrons. The Bertz CT molecular complexity index is 537. The van der Waals surface area contributed by atoms with Gasteiger partial charge in [-0.3, -0.25) is 0 Å². The van der Waals surface area contributed by atoms with Crippen molar-refractivity contribution in [3.63, 3.8) is 0 Å². The fourth-order valence-electron chi connectivity index (χ4n) is 1.75. The zero-order valence-corrected chi connectivity index (χ0v) is 10.7. The number of rotatable bonds is 3. The molecule has 4 N–H and O–H groups in total. The van der Waals surface area contributed by atoms with Crippen LogP contribution in [0.3, 0.4) is 0 Å². The zero-order valence-electron chi connectivity index (χ0n) is 9.86. The number of nitrogen functional groups attached to an aromatic ring is 2. The van der Waals surface area contributed by atoms with Gasteiger partial charge in [0.05, 0.1) is 12.0 Å². The molecule has 0 aliphatic carbocycles. The van der Waals surface area contributed by atoms with Gasteiger partial charge in [0, 0.05) is 0 Å². The van der Waals surface area contributed by atoms with Crippen molar-refractivity contribution in [2.45, 2.75) is 13.3 Å². The van der Waals surface area contributed by atoms with Gasteiger partial charge in [-0.25, -0.2) is 4.98 Å². The average Bonchev–Trinajstić information content (AvgIpc) is 2.67. The molecule has 0 spiro atoms. The largest absolute Gasteiger partial charge is 0.496 e. The number of nitrogens with two attached hydrogens (primary N) is 2. The fraction of sp³-hybridized carbons (Fsp3) is 0.250. The number of nitrogens with zero attached hydrogens (tertiary/aromatic N) is 1. The minimum atomic E-state index is 0.486. The third kappa shape index (κ3) is 2.19. The van der Waals surface area contributed by atoms with Gasteiger partial charge in [0.2, 0.25) is 0 Å². The van der Waals surface area contributed by atoms with Crippen LogP contribution in [-0.2, 0) is 6.42 Å². The van der Waals surface area contributed by atoms with E-state index in [1.54, 1.807) is 7.11 Å². The van der Waals surface area contributed by atoms with Crippen LogP contribution in [0.2, 0.25) is 0 Å². The molecule has 90 valence electrons. The van der Waals surface area contributed by atoms with Crippen molar-refractivity contribution in [1.82, 2.24) is 4.98 Å². The molecule has 5 heteroatoms. The second-order valence-corrected chi connectivity index (χ2v) is 4.68. The Morgan fingerprint density at radius 2 is 2.12 bits per heavy atom. The molecule has 2 rings (SSSR count). The molecule has 17 heavy (non-hydrogen) atoms. The van der Waals surface area contributed by atoms with Crippen LogP contribution in [0.4, 0.5) is 10.9 Å². The number of methoxy groups -OCH3 is 1. The van der Waals surface area contributed by atoms with Gasteiger partial charge in [-0.1, -0.05) is 18.3 Å². The van der Waals surface area contributed by atoms with E-state index in [9.17, 15) is 0 Å². The second-order valence-electron chi connectivity index (χ2n) is 3.65. The summed E-state index contributed by atoms with van der Waals surface area (Å²) in [6.07, 6.45) is 0.908. The highest BCUT2D eigenvalue weighted by molar-refractivity contribution is 7.19. The maximum atomic E-state index is 5.82. The molecular weight excluding hydrogens is 234 g/mol. The van der Waals surface area contributed by atoms with Crippen molar-refractivity contribution in [3.8, 4) is 16.2 Å². The van der Waals surface area contributed by atoms with E-state index in [2.05, 4.69) is 18.0 Å². The van der Waals surface area contributed by atoms with E-state index >= 15 is 0 Å². The summed E-state index contributed by atoms with van der Waals surface area (Å²) in [6, 6.07) is 5.99. The maximum absolute atomic E-state index is 5.82. The summed E-state index contributed by atoms with van der Waals surface area (Å²) in [4.78, 5) is 4.94. The lowest BCUT2D eigenvalue weighted by molar-refractivity contribution is 0.410. The van der Waals surface area contributed by atoms with E-state index in [0.717, 1.165) is 28.2 Å². The van der Waals surface area contributed by atoms with Crippen LogP contribution < -0.4 is 16.2 Å². The SMILES string of the molecule is CCc1cc(-c2sc(N)nc2N)ccc1OC. The van der Waals surface area contributed by atoms with E-state index in [4.69, 9.17) is 16.2 Å². The highest BCUT2D eigenvalue weighted by atomic mass is 32.1. The van der Waals surface area contributed by atoms with Crippen LogP contribution >= 0.6 is 11.3 Å². The first kappa shape index (κ1) is 11.7. The summed E-state index contributed by atoms with van der Waals surface area (Å²) in [5, 5.41) is 0.492. The summed E-state index contributed by atoms with van der Waals surface area (Å²) < 4.78 is 5.29. The Morgan fingerprint density at radius 3 is 2.65 bits per heavy atom. The highest BCUT2D eigenvalue weighted by Crippen LogP contribution is 2.35. The van der Waals surface area contributed by atoms with E-state index in [-0.39, 0.29) is 0 Å². The normalized spacial score (nSPS) is 10.5. The zero-order chi connectivity index (χ0) is 12.4. The van der Waals surface area contributed by atoms with E-state index in [1.165, 1.54) is 11.3 Å². The smallest absolute Gasteiger partial charge is 0.182 e. The predicted octanol–water partition coefficient (Wildman–Crippen LogP) is 2.55. The molecule has 0 amide bonds. The van der Waals surface area contributed by atoms with Crippen molar-refractivity contribution < 1.29 is 4.74 Å². The third-order valence-electron chi connectivity index (χ3n) is 2.59. The molecule has 0 saturated heterocycles. The summed E-state index contributed by atoms with van der Waals surface area (Å²) >= 11 is 1.40. The van der Waals surface area contributed by atoms with E-state index in [0.29, 0.717) is 10.9 Å². The molecule has 1 heterocycles. The van der Waals surface area contributed by atoms with Crippen molar-refractivity contribution in [3.05, 3.63) is 23.8 Å². The van der Waals surface area contributed by atoms with Crippen LogP contribution in [0.5, 0.6) is 5.75 Å². The monoisotopic (exact) mass is 249 g/mol. The first-order valence-electron chi connectivity index (χ1n) is 5.34. The van der Waals surface area contributed by atoms with Crippen LogP contribution in [0.25, 0.3) is 10.4 Å². The van der Waals surface area contributed by atoms with Gasteiger partial charge in [0.25, 0.3) is 0 Å². The first-order valence-corrected chi connectivity index (χ1v) is 6.16. The van der Waals surface area contributed by atoms with E-state index in [1.807, 2.05) is 12.1 Å². The number of thiazole rings is 1. The summed E-state index contributed by atoms with van der Waals surface area (Å²) in [7, 11) is 1.67. The number of anilines is 2. The van der Waals surface area contributed by atoms with E-state index < -0.39 is 0 Å². The molecule has 0 fully saturated rings. The van der Waals surface area contributed by atoms with Crippen LogP contribution in [0.1, 0.15) is 12.5 Å². The Balaban J connectivity index is 2.50. The second kappa shape index (κ2) is 4.63. The Labute approximate surface area is 104 Å².